The molecule has 0 amide bonds. The second kappa shape index (κ2) is 4.58. The molecule has 1 aliphatic carbocycles. The highest BCUT2D eigenvalue weighted by Gasteiger charge is 2.36. The molecule has 0 saturated carbocycles. The maximum atomic E-state index is 5.83. The maximum absolute atomic E-state index is 5.83. The van der Waals surface area contributed by atoms with Crippen LogP contribution in [0.25, 0.3) is 0 Å². The quantitative estimate of drug-likeness (QED) is 0.877. The molecule has 94 valence electrons. The Balaban J connectivity index is 1.83. The van der Waals surface area contributed by atoms with Gasteiger partial charge in [0.2, 0.25) is 0 Å². The van der Waals surface area contributed by atoms with Crippen LogP contribution in [0.2, 0.25) is 0 Å². The highest BCUT2D eigenvalue weighted by Crippen LogP contribution is 2.37. The van der Waals surface area contributed by atoms with Crippen LogP contribution >= 0.6 is 11.3 Å². The summed E-state index contributed by atoms with van der Waals surface area (Å²) in [4.78, 5) is 8.64. The van der Waals surface area contributed by atoms with E-state index in [0.717, 1.165) is 23.5 Å². The van der Waals surface area contributed by atoms with E-state index < -0.39 is 0 Å². The standard InChI is InChI=1S/C13H21N3S/c1-2-5-16-6-3-4-9-7-10-12(8-11(9)16)17-13(14)15-10/h9,11H,2-8H2,1H3,(H2,14,15). The number of fused-ring (bicyclic) bond motifs is 2. The van der Waals surface area contributed by atoms with Crippen molar-refractivity contribution >= 4 is 16.5 Å². The third-order valence-corrected chi connectivity index (χ3v) is 5.14. The minimum absolute atomic E-state index is 0.760. The smallest absolute Gasteiger partial charge is 0.180 e. The van der Waals surface area contributed by atoms with Gasteiger partial charge in [-0.1, -0.05) is 6.92 Å². The number of nitrogen functional groups attached to an aromatic ring is 1. The van der Waals surface area contributed by atoms with Crippen molar-refractivity contribution in [3.8, 4) is 0 Å². The molecule has 17 heavy (non-hydrogen) atoms. The molecule has 2 atom stereocenters. The molecule has 3 rings (SSSR count). The molecule has 2 aliphatic rings. The number of nitrogens with zero attached hydrogens (tertiary/aromatic N) is 2. The Labute approximate surface area is 107 Å². The molecule has 0 aromatic carbocycles. The fourth-order valence-corrected chi connectivity index (χ4v) is 4.38. The van der Waals surface area contributed by atoms with E-state index in [1.54, 1.807) is 11.3 Å². The lowest BCUT2D eigenvalue weighted by molar-refractivity contribution is 0.0857. The van der Waals surface area contributed by atoms with Crippen LogP contribution in [0.5, 0.6) is 0 Å². The molecule has 1 saturated heterocycles. The summed E-state index contributed by atoms with van der Waals surface area (Å²) in [6.45, 7) is 4.83. The first-order valence-electron chi connectivity index (χ1n) is 6.76. The number of likely N-dealkylation sites (tertiary alicyclic amines) is 1. The SMILES string of the molecule is CCCN1CCCC2Cc3nc(N)sc3CC21. The Morgan fingerprint density at radius 3 is 3.18 bits per heavy atom. The van der Waals surface area contributed by atoms with Gasteiger partial charge in [-0.2, -0.15) is 0 Å². The predicted octanol–water partition coefficient (Wildman–Crippen LogP) is 2.31. The van der Waals surface area contributed by atoms with Crippen molar-refractivity contribution in [3.05, 3.63) is 10.6 Å². The van der Waals surface area contributed by atoms with Crippen LogP contribution in [0.15, 0.2) is 0 Å². The molecule has 1 aromatic rings. The summed E-state index contributed by atoms with van der Waals surface area (Å²) in [5.74, 6) is 0.823. The topological polar surface area (TPSA) is 42.2 Å². The van der Waals surface area contributed by atoms with Gasteiger partial charge in [0.1, 0.15) is 0 Å². The third-order valence-electron chi connectivity index (χ3n) is 4.19. The highest BCUT2D eigenvalue weighted by molar-refractivity contribution is 7.15. The number of thiazole rings is 1. The van der Waals surface area contributed by atoms with Gasteiger partial charge in [0, 0.05) is 10.9 Å². The molecule has 4 heteroatoms. The van der Waals surface area contributed by atoms with Gasteiger partial charge >= 0.3 is 0 Å². The van der Waals surface area contributed by atoms with Gasteiger partial charge < -0.3 is 5.73 Å². The predicted molar refractivity (Wildman–Crippen MR) is 72.3 cm³/mol. The van der Waals surface area contributed by atoms with Crippen molar-refractivity contribution in [3.63, 3.8) is 0 Å². The molecule has 1 aliphatic heterocycles. The van der Waals surface area contributed by atoms with Crippen LogP contribution in [-0.2, 0) is 12.8 Å². The van der Waals surface area contributed by atoms with E-state index in [1.165, 1.54) is 49.3 Å². The zero-order valence-corrected chi connectivity index (χ0v) is 11.3. The number of nitrogens with two attached hydrogens (primary N) is 1. The molecule has 2 heterocycles. The molecule has 2 unspecified atom stereocenters. The van der Waals surface area contributed by atoms with E-state index in [1.807, 2.05) is 0 Å². The Kier molecular flexibility index (Phi) is 3.09. The van der Waals surface area contributed by atoms with Gasteiger partial charge in [-0.05, 0) is 51.1 Å². The van der Waals surface area contributed by atoms with Crippen LogP contribution in [0.4, 0.5) is 5.13 Å². The van der Waals surface area contributed by atoms with Crippen molar-refractivity contribution in [2.75, 3.05) is 18.8 Å². The van der Waals surface area contributed by atoms with Gasteiger partial charge in [0.25, 0.3) is 0 Å². The average Bonchev–Trinajstić information content (AvgIpc) is 2.66. The van der Waals surface area contributed by atoms with Crippen LogP contribution in [0.1, 0.15) is 36.8 Å². The molecule has 0 radical (unpaired) electrons. The Bertz CT molecular complexity index is 399. The summed E-state index contributed by atoms with van der Waals surface area (Å²) in [5.41, 5.74) is 7.13. The lowest BCUT2D eigenvalue weighted by atomic mass is 9.79. The van der Waals surface area contributed by atoms with E-state index in [9.17, 15) is 0 Å². The number of aromatic nitrogens is 1. The monoisotopic (exact) mass is 251 g/mol. The van der Waals surface area contributed by atoms with Gasteiger partial charge in [0.15, 0.2) is 5.13 Å². The lowest BCUT2D eigenvalue weighted by Gasteiger charge is -2.43. The van der Waals surface area contributed by atoms with E-state index in [-0.39, 0.29) is 0 Å². The minimum Gasteiger partial charge on any atom is -0.375 e. The van der Waals surface area contributed by atoms with Crippen molar-refractivity contribution in [2.45, 2.75) is 45.1 Å². The fraction of sp³-hybridized carbons (Fsp3) is 0.769. The van der Waals surface area contributed by atoms with E-state index in [0.29, 0.717) is 0 Å². The summed E-state index contributed by atoms with van der Waals surface area (Å²) in [6, 6.07) is 0.760. The van der Waals surface area contributed by atoms with Gasteiger partial charge in [-0.3, -0.25) is 4.90 Å². The number of piperidine rings is 1. The maximum Gasteiger partial charge on any atom is 0.180 e. The lowest BCUT2D eigenvalue weighted by Crippen LogP contribution is -2.49. The second-order valence-corrected chi connectivity index (χ2v) is 6.45. The van der Waals surface area contributed by atoms with Crippen LogP contribution in [0, 0.1) is 5.92 Å². The molecule has 1 fully saturated rings. The number of rotatable bonds is 2. The first-order valence-corrected chi connectivity index (χ1v) is 7.57. The normalized spacial score (nSPS) is 28.8. The molecule has 3 nitrogen and oxygen atoms in total. The molecular formula is C13H21N3S. The van der Waals surface area contributed by atoms with Crippen molar-refractivity contribution in [2.24, 2.45) is 5.92 Å². The average molecular weight is 251 g/mol. The fourth-order valence-electron chi connectivity index (χ4n) is 3.47. The summed E-state index contributed by atoms with van der Waals surface area (Å²) in [6.07, 6.45) is 6.35. The molecule has 0 spiro atoms. The molecule has 0 bridgehead atoms. The summed E-state index contributed by atoms with van der Waals surface area (Å²) < 4.78 is 0. The summed E-state index contributed by atoms with van der Waals surface area (Å²) in [5, 5.41) is 0.760. The summed E-state index contributed by atoms with van der Waals surface area (Å²) in [7, 11) is 0. The van der Waals surface area contributed by atoms with Gasteiger partial charge in [-0.25, -0.2) is 4.98 Å². The van der Waals surface area contributed by atoms with Crippen LogP contribution in [-0.4, -0.2) is 29.0 Å². The van der Waals surface area contributed by atoms with Crippen LogP contribution < -0.4 is 5.73 Å². The zero-order valence-electron chi connectivity index (χ0n) is 10.5. The second-order valence-electron chi connectivity index (χ2n) is 5.34. The molecule has 1 aromatic heterocycles. The van der Waals surface area contributed by atoms with Crippen molar-refractivity contribution in [1.82, 2.24) is 9.88 Å². The van der Waals surface area contributed by atoms with E-state index >= 15 is 0 Å². The van der Waals surface area contributed by atoms with Gasteiger partial charge in [-0.15, -0.1) is 11.3 Å². The largest absolute Gasteiger partial charge is 0.375 e. The Hall–Kier alpha value is -0.610. The Morgan fingerprint density at radius 1 is 1.47 bits per heavy atom. The van der Waals surface area contributed by atoms with Crippen molar-refractivity contribution in [1.29, 1.82) is 0 Å². The third kappa shape index (κ3) is 2.08. The van der Waals surface area contributed by atoms with E-state index in [2.05, 4.69) is 16.8 Å². The zero-order chi connectivity index (χ0) is 11.8. The van der Waals surface area contributed by atoms with E-state index in [4.69, 9.17) is 5.73 Å². The van der Waals surface area contributed by atoms with Gasteiger partial charge in [0.05, 0.1) is 5.69 Å². The number of hydrogen-bond acceptors (Lipinski definition) is 4. The van der Waals surface area contributed by atoms with Crippen LogP contribution in [0.3, 0.4) is 0 Å². The highest BCUT2D eigenvalue weighted by atomic mass is 32.1. The Morgan fingerprint density at radius 2 is 2.35 bits per heavy atom. The molecular weight excluding hydrogens is 230 g/mol. The number of anilines is 1. The minimum atomic E-state index is 0.760. The first-order chi connectivity index (χ1) is 8.28. The number of hydrogen-bond donors (Lipinski definition) is 1. The van der Waals surface area contributed by atoms with Crippen molar-refractivity contribution < 1.29 is 0 Å². The first kappa shape index (κ1) is 11.5. The summed E-state index contributed by atoms with van der Waals surface area (Å²) >= 11 is 1.71. The molecule has 2 N–H and O–H groups in total.